The molecule has 1 aliphatic carbocycles. The van der Waals surface area contributed by atoms with Gasteiger partial charge in [-0.25, -0.2) is 4.79 Å². The Morgan fingerprint density at radius 3 is 2.71 bits per heavy atom. The Morgan fingerprint density at radius 2 is 2.00 bits per heavy atom. The molecule has 0 fully saturated rings. The summed E-state index contributed by atoms with van der Waals surface area (Å²) in [4.78, 5) is 20.5. The van der Waals surface area contributed by atoms with Gasteiger partial charge in [0.2, 0.25) is 0 Å². The summed E-state index contributed by atoms with van der Waals surface area (Å²) in [5, 5.41) is 6.84. The third kappa shape index (κ3) is 3.35. The fourth-order valence-electron chi connectivity index (χ4n) is 3.23. The first-order valence-electron chi connectivity index (χ1n) is 8.40. The van der Waals surface area contributed by atoms with Gasteiger partial charge in [-0.1, -0.05) is 29.8 Å². The first-order chi connectivity index (χ1) is 11.6. The second kappa shape index (κ2) is 6.91. The van der Waals surface area contributed by atoms with E-state index in [-0.39, 0.29) is 0 Å². The van der Waals surface area contributed by atoms with E-state index in [0.29, 0.717) is 5.69 Å². The molecule has 0 radical (unpaired) electrons. The molecular formula is C19H23N3O2. The monoisotopic (exact) mass is 325 g/mol. The lowest BCUT2D eigenvalue weighted by atomic mass is 9.92. The molecule has 1 aromatic heterocycles. The van der Waals surface area contributed by atoms with Crippen molar-refractivity contribution in [2.24, 2.45) is 5.16 Å². The average molecular weight is 325 g/mol. The lowest BCUT2D eigenvalue weighted by molar-refractivity contribution is 0.166. The molecule has 3 rings (SSSR count). The van der Waals surface area contributed by atoms with Crippen LogP contribution in [0.4, 0.5) is 10.5 Å². The van der Waals surface area contributed by atoms with E-state index >= 15 is 0 Å². The number of rotatable bonds is 3. The average Bonchev–Trinajstić information content (AvgIpc) is 2.90. The number of aromatic nitrogens is 1. The maximum Gasteiger partial charge on any atom is 0.437 e. The molecule has 0 unspecified atom stereocenters. The number of anilines is 1. The lowest BCUT2D eigenvalue weighted by Gasteiger charge is -2.15. The number of nitrogens with one attached hydrogen (secondary N) is 2. The maximum absolute atomic E-state index is 12.0. The van der Waals surface area contributed by atoms with Crippen molar-refractivity contribution in [3.8, 4) is 0 Å². The third-order valence-electron chi connectivity index (χ3n) is 4.41. The Hall–Kier alpha value is -2.56. The molecule has 0 saturated heterocycles. The van der Waals surface area contributed by atoms with Crippen LogP contribution < -0.4 is 5.32 Å². The Balaban J connectivity index is 1.74. The second-order valence-corrected chi connectivity index (χ2v) is 6.20. The van der Waals surface area contributed by atoms with Crippen LogP contribution in [0.5, 0.6) is 0 Å². The zero-order valence-electron chi connectivity index (χ0n) is 14.4. The third-order valence-corrected chi connectivity index (χ3v) is 4.41. The zero-order valence-corrected chi connectivity index (χ0v) is 14.4. The van der Waals surface area contributed by atoms with Gasteiger partial charge in [-0.15, -0.1) is 0 Å². The van der Waals surface area contributed by atoms with Crippen molar-refractivity contribution in [1.29, 1.82) is 0 Å². The van der Waals surface area contributed by atoms with Crippen LogP contribution in [0.25, 0.3) is 0 Å². The number of hydrogen-bond acceptors (Lipinski definition) is 3. The number of aryl methyl sites for hydroxylation is 3. The van der Waals surface area contributed by atoms with Crippen LogP contribution in [0.2, 0.25) is 0 Å². The highest BCUT2D eigenvalue weighted by Gasteiger charge is 2.23. The van der Waals surface area contributed by atoms with Gasteiger partial charge >= 0.3 is 6.09 Å². The number of nitrogens with zero attached hydrogens (tertiary/aromatic N) is 1. The predicted molar refractivity (Wildman–Crippen MR) is 95.7 cm³/mol. The number of oxime groups is 1. The topological polar surface area (TPSA) is 66.5 Å². The largest absolute Gasteiger partial charge is 0.437 e. The molecule has 5 heteroatoms. The Labute approximate surface area is 142 Å². The minimum absolute atomic E-state index is 0.566. The van der Waals surface area contributed by atoms with Crippen molar-refractivity contribution in [3.05, 3.63) is 52.3 Å². The summed E-state index contributed by atoms with van der Waals surface area (Å²) in [6, 6.07) is 7.55. The molecule has 1 amide bonds. The van der Waals surface area contributed by atoms with Crippen molar-refractivity contribution in [2.75, 3.05) is 5.32 Å². The zero-order chi connectivity index (χ0) is 17.1. The highest BCUT2D eigenvalue weighted by Crippen LogP contribution is 2.27. The van der Waals surface area contributed by atoms with Gasteiger partial charge in [0.05, 0.1) is 5.71 Å². The van der Waals surface area contributed by atoms with Gasteiger partial charge in [-0.3, -0.25) is 10.2 Å². The first-order valence-corrected chi connectivity index (χ1v) is 8.40. The molecule has 2 aromatic rings. The van der Waals surface area contributed by atoms with Crippen LogP contribution in [0.15, 0.2) is 29.4 Å². The number of benzene rings is 1. The Kier molecular flexibility index (Phi) is 4.69. The van der Waals surface area contributed by atoms with Crippen LogP contribution in [-0.4, -0.2) is 16.8 Å². The fraction of sp³-hybridized carbons (Fsp3) is 0.368. The fourth-order valence-corrected chi connectivity index (χ4v) is 3.23. The smallest absolute Gasteiger partial charge is 0.362 e. The number of carbonyl (C=O) groups excluding carboxylic acids is 1. The molecule has 126 valence electrons. The molecule has 2 N–H and O–H groups in total. The van der Waals surface area contributed by atoms with Crippen molar-refractivity contribution in [3.63, 3.8) is 0 Å². The molecule has 0 atom stereocenters. The molecule has 1 heterocycles. The van der Waals surface area contributed by atoms with Crippen LogP contribution in [-0.2, 0) is 17.7 Å². The van der Waals surface area contributed by atoms with Crippen LogP contribution in [0.1, 0.15) is 47.8 Å². The van der Waals surface area contributed by atoms with Crippen LogP contribution in [0, 0.1) is 13.8 Å². The lowest BCUT2D eigenvalue weighted by Crippen LogP contribution is -2.16. The van der Waals surface area contributed by atoms with E-state index in [2.05, 4.69) is 29.3 Å². The van der Waals surface area contributed by atoms with E-state index in [1.807, 2.05) is 31.2 Å². The van der Waals surface area contributed by atoms with E-state index in [0.717, 1.165) is 42.5 Å². The SMILES string of the molecule is CCc1c(C)[nH]c2c1/C(=N/OC(=O)Nc1ccc(C)cc1)CCC2. The summed E-state index contributed by atoms with van der Waals surface area (Å²) in [6.45, 7) is 6.21. The molecule has 0 aliphatic heterocycles. The highest BCUT2D eigenvalue weighted by molar-refractivity contribution is 6.04. The van der Waals surface area contributed by atoms with E-state index < -0.39 is 6.09 Å². The van der Waals surface area contributed by atoms with Gasteiger partial charge in [-0.2, -0.15) is 0 Å². The molecule has 5 nitrogen and oxygen atoms in total. The summed E-state index contributed by atoms with van der Waals surface area (Å²) < 4.78 is 0. The number of hydrogen-bond donors (Lipinski definition) is 2. The second-order valence-electron chi connectivity index (χ2n) is 6.20. The maximum atomic E-state index is 12.0. The Bertz CT molecular complexity index is 773. The summed E-state index contributed by atoms with van der Waals surface area (Å²) in [5.41, 5.74) is 7.49. The number of carbonyl (C=O) groups is 1. The van der Waals surface area contributed by atoms with Crippen molar-refractivity contribution in [2.45, 2.75) is 46.5 Å². The van der Waals surface area contributed by atoms with E-state index in [1.54, 1.807) is 0 Å². The first kappa shape index (κ1) is 16.3. The number of aromatic amines is 1. The van der Waals surface area contributed by atoms with Crippen LogP contribution in [0.3, 0.4) is 0 Å². The van der Waals surface area contributed by atoms with Crippen molar-refractivity contribution in [1.82, 2.24) is 4.98 Å². The minimum atomic E-state index is -0.566. The summed E-state index contributed by atoms with van der Waals surface area (Å²) >= 11 is 0. The summed E-state index contributed by atoms with van der Waals surface area (Å²) in [5.74, 6) is 0. The van der Waals surface area contributed by atoms with Crippen molar-refractivity contribution < 1.29 is 9.63 Å². The molecule has 0 saturated carbocycles. The van der Waals surface area contributed by atoms with Gasteiger partial charge in [0.1, 0.15) is 0 Å². The molecule has 0 spiro atoms. The predicted octanol–water partition coefficient (Wildman–Crippen LogP) is 4.48. The molecule has 1 aliphatic rings. The molecule has 1 aromatic carbocycles. The number of fused-ring (bicyclic) bond motifs is 1. The quantitative estimate of drug-likeness (QED) is 0.645. The summed E-state index contributed by atoms with van der Waals surface area (Å²) in [6.07, 6.45) is 3.23. The van der Waals surface area contributed by atoms with Gasteiger partial charge in [-0.05, 0) is 57.2 Å². The van der Waals surface area contributed by atoms with Gasteiger partial charge in [0.15, 0.2) is 0 Å². The normalized spacial score (nSPS) is 15.2. The van der Waals surface area contributed by atoms with Gasteiger partial charge < -0.3 is 4.98 Å². The highest BCUT2D eigenvalue weighted by atomic mass is 16.7. The summed E-state index contributed by atoms with van der Waals surface area (Å²) in [7, 11) is 0. The van der Waals surface area contributed by atoms with E-state index in [9.17, 15) is 4.79 Å². The van der Waals surface area contributed by atoms with Gasteiger partial charge in [0.25, 0.3) is 0 Å². The van der Waals surface area contributed by atoms with Crippen LogP contribution >= 0.6 is 0 Å². The number of H-pyrrole nitrogens is 1. The van der Waals surface area contributed by atoms with E-state index in [1.165, 1.54) is 17.0 Å². The Morgan fingerprint density at radius 1 is 1.25 bits per heavy atom. The molecule has 0 bridgehead atoms. The molecule has 24 heavy (non-hydrogen) atoms. The standard InChI is InChI=1S/C19H23N3O2/c1-4-15-13(3)20-16-6-5-7-17(18(15)16)22-24-19(23)21-14-10-8-12(2)9-11-14/h8-11,20H,4-7H2,1-3H3,(H,21,23)/b22-17+. The van der Waals surface area contributed by atoms with Crippen molar-refractivity contribution >= 4 is 17.5 Å². The molecular weight excluding hydrogens is 302 g/mol. The minimum Gasteiger partial charge on any atom is -0.362 e. The van der Waals surface area contributed by atoms with Gasteiger partial charge in [0, 0.05) is 22.6 Å². The van der Waals surface area contributed by atoms with E-state index in [4.69, 9.17) is 4.84 Å². The number of amides is 1.